The summed E-state index contributed by atoms with van der Waals surface area (Å²) in [6.45, 7) is 6.41. The second-order valence-electron chi connectivity index (χ2n) is 5.61. The molecule has 0 N–H and O–H groups in total. The van der Waals surface area contributed by atoms with Gasteiger partial charge in [0.05, 0.1) is 19.5 Å². The van der Waals surface area contributed by atoms with Crippen LogP contribution in [0.1, 0.15) is 36.8 Å². The molecular formula is C16H18N2O3. The summed E-state index contributed by atoms with van der Waals surface area (Å²) >= 11 is 0. The Bertz CT molecular complexity index is 631. The Morgan fingerprint density at radius 3 is 2.48 bits per heavy atom. The number of esters is 1. The van der Waals surface area contributed by atoms with E-state index in [9.17, 15) is 4.79 Å². The van der Waals surface area contributed by atoms with E-state index in [0.717, 1.165) is 0 Å². The van der Waals surface area contributed by atoms with Gasteiger partial charge in [0.25, 0.3) is 0 Å². The van der Waals surface area contributed by atoms with E-state index in [1.807, 2.05) is 18.2 Å². The number of benzene rings is 1. The van der Waals surface area contributed by atoms with E-state index in [1.54, 1.807) is 0 Å². The van der Waals surface area contributed by atoms with Crippen LogP contribution in [0, 0.1) is 0 Å². The van der Waals surface area contributed by atoms with Crippen molar-refractivity contribution in [3.05, 3.63) is 47.9 Å². The third kappa shape index (κ3) is 3.78. The molecule has 0 bridgehead atoms. The molecular weight excluding hydrogens is 268 g/mol. The lowest BCUT2D eigenvalue weighted by atomic mass is 9.87. The lowest BCUT2D eigenvalue weighted by molar-refractivity contribution is 0.0593. The maximum absolute atomic E-state index is 11.3. The molecule has 1 aromatic carbocycles. The number of nitrogens with zero attached hydrogens (tertiary/aromatic N) is 2. The molecule has 0 aliphatic carbocycles. The number of aromatic nitrogens is 2. The number of hydrogen-bond donors (Lipinski definition) is 0. The van der Waals surface area contributed by atoms with Gasteiger partial charge in [-0.1, -0.05) is 32.9 Å². The maximum Gasteiger partial charge on any atom is 0.358 e. The first-order valence-electron chi connectivity index (χ1n) is 6.59. The van der Waals surface area contributed by atoms with Crippen molar-refractivity contribution in [3.63, 3.8) is 0 Å². The first-order chi connectivity index (χ1) is 9.90. The van der Waals surface area contributed by atoms with Crippen LogP contribution in [-0.2, 0) is 10.2 Å². The Labute approximate surface area is 124 Å². The van der Waals surface area contributed by atoms with Gasteiger partial charge in [-0.2, -0.15) is 0 Å². The molecule has 1 aromatic heterocycles. The molecule has 0 unspecified atom stereocenters. The van der Waals surface area contributed by atoms with Crippen LogP contribution in [0.2, 0.25) is 0 Å². The van der Waals surface area contributed by atoms with E-state index in [1.165, 1.54) is 25.1 Å². The van der Waals surface area contributed by atoms with Gasteiger partial charge in [-0.3, -0.25) is 0 Å². The van der Waals surface area contributed by atoms with Crippen LogP contribution in [0.15, 0.2) is 36.7 Å². The molecule has 2 rings (SSSR count). The zero-order chi connectivity index (χ0) is 15.5. The molecule has 0 amide bonds. The van der Waals surface area contributed by atoms with Crippen LogP contribution in [0.4, 0.5) is 0 Å². The Kier molecular flexibility index (Phi) is 4.21. The first-order valence-corrected chi connectivity index (χ1v) is 6.59. The summed E-state index contributed by atoms with van der Waals surface area (Å²) < 4.78 is 10.2. The largest absolute Gasteiger partial charge is 0.464 e. The Morgan fingerprint density at radius 2 is 1.90 bits per heavy atom. The van der Waals surface area contributed by atoms with Crippen molar-refractivity contribution in [2.75, 3.05) is 7.11 Å². The second kappa shape index (κ2) is 5.91. The summed E-state index contributed by atoms with van der Waals surface area (Å²) in [5.41, 5.74) is 1.35. The minimum absolute atomic E-state index is 0.0415. The highest BCUT2D eigenvalue weighted by Crippen LogP contribution is 2.27. The van der Waals surface area contributed by atoms with E-state index < -0.39 is 5.97 Å². The fraction of sp³-hybridized carbons (Fsp3) is 0.312. The number of hydrogen-bond acceptors (Lipinski definition) is 5. The van der Waals surface area contributed by atoms with Crippen LogP contribution in [-0.4, -0.2) is 23.0 Å². The molecule has 0 fully saturated rings. The standard InChI is InChI=1S/C16H18N2O3/c1-16(2,3)11-6-5-7-12(8-11)21-14-10-17-13(9-18-14)15(19)20-4/h5-10H,1-4H3. The highest BCUT2D eigenvalue weighted by atomic mass is 16.5. The minimum Gasteiger partial charge on any atom is -0.464 e. The Balaban J connectivity index is 2.17. The predicted molar refractivity (Wildman–Crippen MR) is 78.6 cm³/mol. The molecule has 21 heavy (non-hydrogen) atoms. The van der Waals surface area contributed by atoms with Crippen LogP contribution in [0.25, 0.3) is 0 Å². The Hall–Kier alpha value is -2.43. The molecule has 1 heterocycles. The number of ether oxygens (including phenoxy) is 2. The summed E-state index contributed by atoms with van der Waals surface area (Å²) in [5.74, 6) is 0.486. The summed E-state index contributed by atoms with van der Waals surface area (Å²) in [6.07, 6.45) is 2.73. The van der Waals surface area contributed by atoms with Crippen molar-refractivity contribution < 1.29 is 14.3 Å². The molecule has 0 saturated heterocycles. The molecule has 0 aliphatic rings. The molecule has 5 heteroatoms. The van der Waals surface area contributed by atoms with Gasteiger partial charge in [0.2, 0.25) is 5.88 Å². The molecule has 0 radical (unpaired) electrons. The van der Waals surface area contributed by atoms with Gasteiger partial charge in [-0.15, -0.1) is 0 Å². The van der Waals surface area contributed by atoms with Crippen LogP contribution >= 0.6 is 0 Å². The van der Waals surface area contributed by atoms with Gasteiger partial charge in [-0.25, -0.2) is 14.8 Å². The van der Waals surface area contributed by atoms with Gasteiger partial charge < -0.3 is 9.47 Å². The zero-order valence-corrected chi connectivity index (χ0v) is 12.6. The third-order valence-corrected chi connectivity index (χ3v) is 2.95. The number of carbonyl (C=O) groups is 1. The highest BCUT2D eigenvalue weighted by Gasteiger charge is 2.14. The van der Waals surface area contributed by atoms with Crippen LogP contribution < -0.4 is 4.74 Å². The first kappa shape index (κ1) is 15.0. The topological polar surface area (TPSA) is 61.3 Å². The predicted octanol–water partition coefficient (Wildman–Crippen LogP) is 3.35. The van der Waals surface area contributed by atoms with Gasteiger partial charge in [0.1, 0.15) is 5.75 Å². The van der Waals surface area contributed by atoms with Crippen molar-refractivity contribution in [3.8, 4) is 11.6 Å². The third-order valence-electron chi connectivity index (χ3n) is 2.95. The monoisotopic (exact) mass is 286 g/mol. The van der Waals surface area contributed by atoms with Gasteiger partial charge in [0.15, 0.2) is 5.69 Å². The van der Waals surface area contributed by atoms with Crippen molar-refractivity contribution in [1.29, 1.82) is 0 Å². The molecule has 2 aromatic rings. The van der Waals surface area contributed by atoms with Crippen molar-refractivity contribution >= 4 is 5.97 Å². The summed E-state index contributed by atoms with van der Waals surface area (Å²) in [6, 6.07) is 7.81. The quantitative estimate of drug-likeness (QED) is 0.810. The van der Waals surface area contributed by atoms with E-state index in [0.29, 0.717) is 11.6 Å². The zero-order valence-electron chi connectivity index (χ0n) is 12.6. The molecule has 0 aliphatic heterocycles. The van der Waals surface area contributed by atoms with Gasteiger partial charge >= 0.3 is 5.97 Å². The summed E-state index contributed by atoms with van der Waals surface area (Å²) in [4.78, 5) is 19.3. The van der Waals surface area contributed by atoms with Crippen molar-refractivity contribution in [1.82, 2.24) is 9.97 Å². The normalized spacial score (nSPS) is 11.0. The smallest absolute Gasteiger partial charge is 0.358 e. The van der Waals surface area contributed by atoms with Crippen molar-refractivity contribution in [2.45, 2.75) is 26.2 Å². The lowest BCUT2D eigenvalue weighted by Gasteiger charge is -2.19. The maximum atomic E-state index is 11.3. The highest BCUT2D eigenvalue weighted by molar-refractivity contribution is 5.86. The number of methoxy groups -OCH3 is 1. The van der Waals surface area contributed by atoms with E-state index >= 15 is 0 Å². The van der Waals surface area contributed by atoms with E-state index in [2.05, 4.69) is 41.5 Å². The van der Waals surface area contributed by atoms with E-state index in [4.69, 9.17) is 4.74 Å². The van der Waals surface area contributed by atoms with Crippen LogP contribution in [0.5, 0.6) is 11.6 Å². The molecule has 0 spiro atoms. The molecule has 0 saturated carbocycles. The van der Waals surface area contributed by atoms with Crippen molar-refractivity contribution in [2.24, 2.45) is 0 Å². The number of carbonyl (C=O) groups excluding carboxylic acids is 1. The lowest BCUT2D eigenvalue weighted by Crippen LogP contribution is -2.10. The second-order valence-corrected chi connectivity index (χ2v) is 5.61. The fourth-order valence-corrected chi connectivity index (χ4v) is 1.73. The average Bonchev–Trinajstić information content (AvgIpc) is 2.47. The van der Waals surface area contributed by atoms with Gasteiger partial charge in [-0.05, 0) is 23.1 Å². The Morgan fingerprint density at radius 1 is 1.14 bits per heavy atom. The SMILES string of the molecule is COC(=O)c1cnc(Oc2cccc(C(C)(C)C)c2)cn1. The number of rotatable bonds is 3. The van der Waals surface area contributed by atoms with Gasteiger partial charge in [0, 0.05) is 0 Å². The fourth-order valence-electron chi connectivity index (χ4n) is 1.73. The minimum atomic E-state index is -0.524. The summed E-state index contributed by atoms with van der Waals surface area (Å²) in [5, 5.41) is 0. The van der Waals surface area contributed by atoms with Crippen LogP contribution in [0.3, 0.4) is 0 Å². The summed E-state index contributed by atoms with van der Waals surface area (Å²) in [7, 11) is 1.30. The molecule has 0 atom stereocenters. The molecule has 110 valence electrons. The van der Waals surface area contributed by atoms with E-state index in [-0.39, 0.29) is 11.1 Å². The average molecular weight is 286 g/mol. The molecule has 5 nitrogen and oxygen atoms in total.